The minimum absolute atomic E-state index is 0.578. The summed E-state index contributed by atoms with van der Waals surface area (Å²) in [4.78, 5) is 15.5. The van der Waals surface area contributed by atoms with Gasteiger partial charge in [-0.1, -0.05) is 127 Å². The predicted octanol–water partition coefficient (Wildman–Crippen LogP) is 9.89. The maximum absolute atomic E-state index is 5.17. The molecule has 216 valence electrons. The maximum atomic E-state index is 5.17. The number of aromatic nitrogens is 5. The quantitative estimate of drug-likeness (QED) is 0.201. The maximum Gasteiger partial charge on any atom is 0.238 e. The van der Waals surface area contributed by atoms with Crippen molar-refractivity contribution in [3.63, 3.8) is 0 Å². The molecule has 0 atom stereocenters. The normalized spacial score (nSPS) is 11.5. The minimum atomic E-state index is 0.578. The zero-order valence-corrected chi connectivity index (χ0v) is 24.8. The Morgan fingerprint density at radius 1 is 0.348 bits per heavy atom. The molecule has 0 N–H and O–H groups in total. The lowest BCUT2D eigenvalue weighted by atomic mass is 9.99. The molecule has 9 aromatic rings. The van der Waals surface area contributed by atoms with Crippen molar-refractivity contribution in [1.29, 1.82) is 0 Å². The molecule has 0 bridgehead atoms. The monoisotopic (exact) mass is 589 g/mol. The second-order valence-corrected chi connectivity index (χ2v) is 11.4. The first kappa shape index (κ1) is 26.1. The van der Waals surface area contributed by atoms with E-state index in [0.717, 1.165) is 61.5 Å². The average molecular weight is 590 g/mol. The summed E-state index contributed by atoms with van der Waals surface area (Å²) < 4.78 is 4.33. The van der Waals surface area contributed by atoms with Crippen LogP contribution in [0.25, 0.3) is 78.6 Å². The summed E-state index contributed by atoms with van der Waals surface area (Å²) in [5.74, 6) is 1.35. The lowest BCUT2D eigenvalue weighted by molar-refractivity contribution is 0.972. The molecule has 46 heavy (non-hydrogen) atoms. The van der Waals surface area contributed by atoms with E-state index in [2.05, 4.69) is 130 Å². The van der Waals surface area contributed by atoms with Gasteiger partial charge in [0.1, 0.15) is 0 Å². The summed E-state index contributed by atoms with van der Waals surface area (Å²) in [6.45, 7) is 0. The van der Waals surface area contributed by atoms with Gasteiger partial charge in [0, 0.05) is 11.1 Å². The van der Waals surface area contributed by atoms with Gasteiger partial charge in [-0.3, -0.25) is 4.40 Å². The van der Waals surface area contributed by atoms with E-state index in [1.165, 1.54) is 11.1 Å². The van der Waals surface area contributed by atoms with Crippen LogP contribution < -0.4 is 0 Å². The van der Waals surface area contributed by atoms with Gasteiger partial charge in [-0.05, 0) is 58.7 Å². The molecule has 5 heteroatoms. The second-order valence-electron chi connectivity index (χ2n) is 11.4. The predicted molar refractivity (Wildman–Crippen MR) is 187 cm³/mol. The highest BCUT2D eigenvalue weighted by Gasteiger charge is 2.21. The fourth-order valence-corrected chi connectivity index (χ4v) is 6.33. The second kappa shape index (κ2) is 10.7. The molecule has 0 aliphatic heterocycles. The van der Waals surface area contributed by atoms with Crippen LogP contribution in [0.4, 0.5) is 0 Å². The summed E-state index contributed by atoms with van der Waals surface area (Å²) in [5.41, 5.74) is 12.4. The Balaban J connectivity index is 1.30. The Kier molecular flexibility index (Phi) is 6.06. The molecule has 9 rings (SSSR count). The number of hydrogen-bond donors (Lipinski definition) is 0. The van der Waals surface area contributed by atoms with Gasteiger partial charge in [-0.2, -0.15) is 0 Å². The van der Waals surface area contributed by atoms with Crippen molar-refractivity contribution >= 4 is 27.8 Å². The van der Waals surface area contributed by atoms with E-state index in [1.807, 2.05) is 42.5 Å². The lowest BCUT2D eigenvalue weighted by Gasteiger charge is -2.11. The van der Waals surface area contributed by atoms with Gasteiger partial charge in [-0.15, -0.1) is 0 Å². The highest BCUT2D eigenvalue weighted by molar-refractivity contribution is 5.94. The third-order valence-corrected chi connectivity index (χ3v) is 8.56. The van der Waals surface area contributed by atoms with E-state index >= 15 is 0 Å². The van der Waals surface area contributed by atoms with Gasteiger partial charge in [-0.25, -0.2) is 19.5 Å². The number of imidazole rings is 2. The average Bonchev–Trinajstić information content (AvgIpc) is 3.67. The first-order valence-electron chi connectivity index (χ1n) is 15.4. The van der Waals surface area contributed by atoms with Crippen LogP contribution >= 0.6 is 0 Å². The molecule has 0 unspecified atom stereocenters. The lowest BCUT2D eigenvalue weighted by Crippen LogP contribution is -2.04. The summed E-state index contributed by atoms with van der Waals surface area (Å²) >= 11 is 0. The van der Waals surface area contributed by atoms with E-state index in [9.17, 15) is 0 Å². The summed E-state index contributed by atoms with van der Waals surface area (Å²) in [6.07, 6.45) is 0. The highest BCUT2D eigenvalue weighted by Crippen LogP contribution is 2.34. The van der Waals surface area contributed by atoms with Crippen molar-refractivity contribution in [3.05, 3.63) is 164 Å². The third kappa shape index (κ3) is 4.37. The summed E-state index contributed by atoms with van der Waals surface area (Å²) in [7, 11) is 0. The molecular formula is C41H27N5. The summed E-state index contributed by atoms with van der Waals surface area (Å²) in [6, 6.07) is 56.7. The molecule has 3 aromatic heterocycles. The topological polar surface area (TPSA) is 48.0 Å². The zero-order chi connectivity index (χ0) is 30.5. The van der Waals surface area contributed by atoms with Gasteiger partial charge < -0.3 is 0 Å². The van der Waals surface area contributed by atoms with Crippen molar-refractivity contribution in [3.8, 4) is 50.7 Å². The van der Waals surface area contributed by atoms with Crippen LogP contribution in [-0.2, 0) is 0 Å². The van der Waals surface area contributed by atoms with Gasteiger partial charge in [0.25, 0.3) is 0 Å². The Morgan fingerprint density at radius 2 is 0.891 bits per heavy atom. The first-order valence-corrected chi connectivity index (χ1v) is 15.4. The van der Waals surface area contributed by atoms with E-state index in [4.69, 9.17) is 15.0 Å². The van der Waals surface area contributed by atoms with Crippen LogP contribution in [-0.4, -0.2) is 23.9 Å². The van der Waals surface area contributed by atoms with E-state index in [1.54, 1.807) is 0 Å². The third-order valence-electron chi connectivity index (χ3n) is 8.56. The SMILES string of the molecule is c1ccc(-c2cccc(-c3ccc4c(c3)n3c5ccccc5nc3n4-c3nc(-c4ccccc4)cc(-c4ccccc4)n3)c2)cc1. The van der Waals surface area contributed by atoms with E-state index in [-0.39, 0.29) is 0 Å². The minimum Gasteiger partial charge on any atom is -0.276 e. The number of hydrogen-bond acceptors (Lipinski definition) is 3. The van der Waals surface area contributed by atoms with E-state index < -0.39 is 0 Å². The molecule has 0 radical (unpaired) electrons. The van der Waals surface area contributed by atoms with Gasteiger partial charge in [0.15, 0.2) is 0 Å². The number of para-hydroxylation sites is 2. The largest absolute Gasteiger partial charge is 0.276 e. The highest BCUT2D eigenvalue weighted by atomic mass is 15.3. The van der Waals surface area contributed by atoms with E-state index in [0.29, 0.717) is 5.95 Å². The molecule has 3 heterocycles. The van der Waals surface area contributed by atoms with Gasteiger partial charge >= 0.3 is 0 Å². The Bertz CT molecular complexity index is 2460. The van der Waals surface area contributed by atoms with Crippen molar-refractivity contribution in [2.24, 2.45) is 0 Å². The van der Waals surface area contributed by atoms with Crippen LogP contribution in [0.15, 0.2) is 164 Å². The van der Waals surface area contributed by atoms with Crippen molar-refractivity contribution in [2.45, 2.75) is 0 Å². The Labute approximate surface area is 265 Å². The van der Waals surface area contributed by atoms with Crippen molar-refractivity contribution in [2.75, 3.05) is 0 Å². The van der Waals surface area contributed by atoms with Crippen LogP contribution in [0.3, 0.4) is 0 Å². The molecule has 0 amide bonds. The fraction of sp³-hybridized carbons (Fsp3) is 0. The number of fused-ring (bicyclic) bond motifs is 5. The van der Waals surface area contributed by atoms with Crippen LogP contribution in [0.5, 0.6) is 0 Å². The Hall–Kier alpha value is -6.33. The van der Waals surface area contributed by atoms with Gasteiger partial charge in [0.2, 0.25) is 11.7 Å². The number of nitrogens with zero attached hydrogens (tertiary/aromatic N) is 5. The van der Waals surface area contributed by atoms with Crippen LogP contribution in [0, 0.1) is 0 Å². The molecule has 0 saturated carbocycles. The molecule has 0 aliphatic rings. The van der Waals surface area contributed by atoms with Crippen LogP contribution in [0.2, 0.25) is 0 Å². The Morgan fingerprint density at radius 3 is 1.57 bits per heavy atom. The van der Waals surface area contributed by atoms with Crippen molar-refractivity contribution in [1.82, 2.24) is 23.9 Å². The smallest absolute Gasteiger partial charge is 0.238 e. The molecule has 0 fully saturated rings. The molecule has 0 saturated heterocycles. The number of benzene rings is 6. The van der Waals surface area contributed by atoms with Gasteiger partial charge in [0.05, 0.1) is 33.5 Å². The molecule has 6 aromatic carbocycles. The van der Waals surface area contributed by atoms with Crippen molar-refractivity contribution < 1.29 is 0 Å². The molecule has 0 aliphatic carbocycles. The standard InChI is InChI=1S/C41H27N5/c1-4-13-28(14-5-1)31-19-12-20-32(25-31)33-23-24-38-39(26-33)45-37-22-11-10-21-34(37)44-41(45)46(38)40-42-35(29-15-6-2-7-16-29)27-36(43-40)30-17-8-3-9-18-30/h1-27H. The summed E-state index contributed by atoms with van der Waals surface area (Å²) in [5, 5.41) is 0. The molecule has 0 spiro atoms. The fourth-order valence-electron chi connectivity index (χ4n) is 6.33. The van der Waals surface area contributed by atoms with Crippen LogP contribution in [0.1, 0.15) is 0 Å². The zero-order valence-electron chi connectivity index (χ0n) is 24.8. The first-order chi connectivity index (χ1) is 22.8. The number of rotatable bonds is 5. The molecular weight excluding hydrogens is 562 g/mol. The molecule has 5 nitrogen and oxygen atoms in total.